The molecule has 116 valence electrons. The van der Waals surface area contributed by atoms with Gasteiger partial charge in [0.2, 0.25) is 0 Å². The van der Waals surface area contributed by atoms with E-state index in [2.05, 4.69) is 10.7 Å². The van der Waals surface area contributed by atoms with Crippen LogP contribution in [0.15, 0.2) is 30.3 Å². The maximum atomic E-state index is 12.0. The van der Waals surface area contributed by atoms with E-state index in [-0.39, 0.29) is 12.6 Å². The minimum absolute atomic E-state index is 0.158. The topological polar surface area (TPSA) is 70.7 Å². The number of ether oxygens (including phenoxy) is 1. The lowest BCUT2D eigenvalue weighted by molar-refractivity contribution is -0.155. The van der Waals surface area contributed by atoms with Crippen molar-refractivity contribution in [3.05, 3.63) is 35.9 Å². The summed E-state index contributed by atoms with van der Waals surface area (Å²) in [5.74, 6) is -0.466. The summed E-state index contributed by atoms with van der Waals surface area (Å²) in [6.07, 6.45) is 0. The maximum Gasteiger partial charge on any atom is 0.332 e. The summed E-state index contributed by atoms with van der Waals surface area (Å²) in [6, 6.07) is 9.16. The summed E-state index contributed by atoms with van der Waals surface area (Å²) in [6.45, 7) is 5.58. The van der Waals surface area contributed by atoms with Crippen molar-refractivity contribution < 1.29 is 14.3 Å². The van der Waals surface area contributed by atoms with Gasteiger partial charge < -0.3 is 10.1 Å². The van der Waals surface area contributed by atoms with Crippen LogP contribution in [-0.2, 0) is 16.1 Å². The van der Waals surface area contributed by atoms with Gasteiger partial charge in [0.1, 0.15) is 12.1 Å². The molecule has 6 heteroatoms. The Labute approximate surface area is 125 Å². The van der Waals surface area contributed by atoms with Crippen molar-refractivity contribution in [1.29, 1.82) is 0 Å². The first-order valence-electron chi connectivity index (χ1n) is 6.80. The average molecular weight is 293 g/mol. The molecule has 2 amide bonds. The molecule has 0 aliphatic carbocycles. The second kappa shape index (κ2) is 7.64. The fourth-order valence-electron chi connectivity index (χ4n) is 1.62. The van der Waals surface area contributed by atoms with Gasteiger partial charge in [-0.2, -0.15) is 0 Å². The summed E-state index contributed by atoms with van der Waals surface area (Å²) < 4.78 is 5.18. The highest BCUT2D eigenvalue weighted by Gasteiger charge is 2.21. The minimum Gasteiger partial charge on any atom is -0.459 e. The summed E-state index contributed by atoms with van der Waals surface area (Å²) in [5.41, 5.74) is 3.09. The van der Waals surface area contributed by atoms with Crippen LogP contribution in [0.25, 0.3) is 0 Å². The van der Waals surface area contributed by atoms with E-state index in [1.54, 1.807) is 27.8 Å². The Balaban J connectivity index is 2.48. The first-order valence-corrected chi connectivity index (χ1v) is 6.80. The van der Waals surface area contributed by atoms with Gasteiger partial charge in [0.25, 0.3) is 0 Å². The second-order valence-corrected chi connectivity index (χ2v) is 5.54. The van der Waals surface area contributed by atoms with Crippen LogP contribution in [0.5, 0.6) is 0 Å². The Kier molecular flexibility index (Phi) is 6.17. The van der Waals surface area contributed by atoms with Gasteiger partial charge in [-0.25, -0.2) is 15.2 Å². The van der Waals surface area contributed by atoms with Crippen molar-refractivity contribution in [3.8, 4) is 0 Å². The molecular formula is C15H23N3O3. The molecule has 0 unspecified atom stereocenters. The summed E-state index contributed by atoms with van der Waals surface area (Å²) in [7, 11) is 1.58. The predicted octanol–water partition coefficient (Wildman–Crippen LogP) is 1.67. The predicted molar refractivity (Wildman–Crippen MR) is 80.3 cm³/mol. The lowest BCUT2D eigenvalue weighted by atomic mass is 10.2. The molecule has 0 saturated heterocycles. The molecule has 0 atom stereocenters. The van der Waals surface area contributed by atoms with Crippen molar-refractivity contribution in [3.63, 3.8) is 0 Å². The summed E-state index contributed by atoms with van der Waals surface area (Å²) in [4.78, 5) is 23.7. The smallest absolute Gasteiger partial charge is 0.332 e. The molecule has 6 nitrogen and oxygen atoms in total. The van der Waals surface area contributed by atoms with E-state index in [0.717, 1.165) is 5.56 Å². The largest absolute Gasteiger partial charge is 0.459 e. The maximum absolute atomic E-state index is 12.0. The van der Waals surface area contributed by atoms with Gasteiger partial charge in [-0.05, 0) is 26.3 Å². The molecule has 2 N–H and O–H groups in total. The quantitative estimate of drug-likeness (QED) is 0.640. The van der Waals surface area contributed by atoms with E-state index in [4.69, 9.17) is 4.74 Å². The van der Waals surface area contributed by atoms with Gasteiger partial charge in [-0.3, -0.25) is 4.79 Å². The molecule has 0 heterocycles. The monoisotopic (exact) mass is 293 g/mol. The molecule has 0 fully saturated rings. The number of hydrogen-bond donors (Lipinski definition) is 2. The first-order chi connectivity index (χ1) is 9.81. The molecule has 0 aliphatic rings. The molecule has 1 rings (SSSR count). The third-order valence-electron chi connectivity index (χ3n) is 2.51. The molecular weight excluding hydrogens is 270 g/mol. The van der Waals surface area contributed by atoms with E-state index < -0.39 is 11.6 Å². The number of benzene rings is 1. The normalized spacial score (nSPS) is 10.9. The molecule has 0 saturated carbocycles. The first kappa shape index (κ1) is 17.0. The van der Waals surface area contributed by atoms with Crippen LogP contribution in [0, 0.1) is 0 Å². The number of urea groups is 1. The van der Waals surface area contributed by atoms with Gasteiger partial charge in [0.15, 0.2) is 0 Å². The Morgan fingerprint density at radius 3 is 2.33 bits per heavy atom. The lowest BCUT2D eigenvalue weighted by Gasteiger charge is -2.24. The molecule has 1 aromatic carbocycles. The number of nitrogens with one attached hydrogen (secondary N) is 2. The van der Waals surface area contributed by atoms with Crippen molar-refractivity contribution in [1.82, 2.24) is 15.8 Å². The van der Waals surface area contributed by atoms with E-state index in [1.165, 1.54) is 5.01 Å². The Morgan fingerprint density at radius 2 is 1.81 bits per heavy atom. The SMILES string of the molecule is CNN(CC(=O)OC(C)(C)C)C(=O)NCc1ccccc1. The molecule has 0 aliphatic heterocycles. The second-order valence-electron chi connectivity index (χ2n) is 5.54. The molecule has 0 bridgehead atoms. The molecule has 21 heavy (non-hydrogen) atoms. The highest BCUT2D eigenvalue weighted by molar-refractivity contribution is 5.80. The van der Waals surface area contributed by atoms with Crippen LogP contribution in [0.4, 0.5) is 4.79 Å². The Hall–Kier alpha value is -2.08. The third-order valence-corrected chi connectivity index (χ3v) is 2.51. The van der Waals surface area contributed by atoms with Crippen LogP contribution < -0.4 is 10.7 Å². The lowest BCUT2D eigenvalue weighted by Crippen LogP contribution is -2.49. The fraction of sp³-hybridized carbons (Fsp3) is 0.467. The van der Waals surface area contributed by atoms with Crippen molar-refractivity contribution in [2.24, 2.45) is 0 Å². The molecule has 0 radical (unpaired) electrons. The standard InChI is InChI=1S/C15H23N3O3/c1-15(2,3)21-13(19)11-18(16-4)14(20)17-10-12-8-6-5-7-9-12/h5-9,16H,10-11H2,1-4H3,(H,17,20). The number of carbonyl (C=O) groups is 2. The van der Waals surface area contributed by atoms with Crippen LogP contribution in [0.3, 0.4) is 0 Å². The van der Waals surface area contributed by atoms with E-state index in [0.29, 0.717) is 6.54 Å². The number of hydrogen-bond acceptors (Lipinski definition) is 4. The van der Waals surface area contributed by atoms with Crippen LogP contribution >= 0.6 is 0 Å². The Bertz CT molecular complexity index is 469. The number of nitrogens with zero attached hydrogens (tertiary/aromatic N) is 1. The summed E-state index contributed by atoms with van der Waals surface area (Å²) in [5, 5.41) is 3.91. The number of rotatable bonds is 5. The highest BCUT2D eigenvalue weighted by Crippen LogP contribution is 2.07. The van der Waals surface area contributed by atoms with E-state index in [9.17, 15) is 9.59 Å². The van der Waals surface area contributed by atoms with Gasteiger partial charge in [-0.1, -0.05) is 30.3 Å². The van der Waals surface area contributed by atoms with Gasteiger partial charge in [-0.15, -0.1) is 0 Å². The minimum atomic E-state index is -0.572. The third kappa shape index (κ3) is 6.76. The zero-order valence-corrected chi connectivity index (χ0v) is 13.0. The van der Waals surface area contributed by atoms with E-state index in [1.807, 2.05) is 30.3 Å². The fourth-order valence-corrected chi connectivity index (χ4v) is 1.62. The number of esters is 1. The molecule has 1 aromatic rings. The van der Waals surface area contributed by atoms with Gasteiger partial charge >= 0.3 is 12.0 Å². The van der Waals surface area contributed by atoms with Crippen molar-refractivity contribution >= 4 is 12.0 Å². The van der Waals surface area contributed by atoms with Crippen molar-refractivity contribution in [2.75, 3.05) is 13.6 Å². The molecule has 0 spiro atoms. The number of carbonyl (C=O) groups excluding carboxylic acids is 2. The average Bonchev–Trinajstić information content (AvgIpc) is 2.41. The van der Waals surface area contributed by atoms with Crippen LogP contribution in [0.1, 0.15) is 26.3 Å². The number of amides is 2. The van der Waals surface area contributed by atoms with Gasteiger partial charge in [0, 0.05) is 13.6 Å². The zero-order valence-electron chi connectivity index (χ0n) is 13.0. The summed E-state index contributed by atoms with van der Waals surface area (Å²) >= 11 is 0. The number of hydrazine groups is 1. The van der Waals surface area contributed by atoms with E-state index >= 15 is 0 Å². The highest BCUT2D eigenvalue weighted by atomic mass is 16.6. The van der Waals surface area contributed by atoms with Crippen LogP contribution in [-0.4, -0.2) is 36.2 Å². The Morgan fingerprint density at radius 1 is 1.19 bits per heavy atom. The molecule has 0 aromatic heterocycles. The zero-order chi connectivity index (χ0) is 15.9. The van der Waals surface area contributed by atoms with Crippen molar-refractivity contribution in [2.45, 2.75) is 32.9 Å². The van der Waals surface area contributed by atoms with Gasteiger partial charge in [0.05, 0.1) is 0 Å². The van der Waals surface area contributed by atoms with Crippen LogP contribution in [0.2, 0.25) is 0 Å².